The summed E-state index contributed by atoms with van der Waals surface area (Å²) in [5, 5.41) is 2.86. The van der Waals surface area contributed by atoms with Crippen molar-refractivity contribution in [3.8, 4) is 11.5 Å². The minimum absolute atomic E-state index is 0.0498. The number of carbonyl (C=O) groups is 2. The first-order chi connectivity index (χ1) is 12.9. The van der Waals surface area contributed by atoms with Gasteiger partial charge in [0, 0.05) is 23.9 Å². The Bertz CT molecular complexity index is 846. The first-order valence-electron chi connectivity index (χ1n) is 8.96. The first-order valence-corrected chi connectivity index (χ1v) is 8.96. The van der Waals surface area contributed by atoms with E-state index in [1.165, 1.54) is 0 Å². The molecule has 1 unspecified atom stereocenters. The highest BCUT2D eigenvalue weighted by atomic mass is 16.5. The lowest BCUT2D eigenvalue weighted by molar-refractivity contribution is -0.125. The predicted octanol–water partition coefficient (Wildman–Crippen LogP) is 3.72. The van der Waals surface area contributed by atoms with Gasteiger partial charge in [-0.25, -0.2) is 0 Å². The second-order valence-corrected chi connectivity index (χ2v) is 6.97. The molecule has 6 heteroatoms. The van der Waals surface area contributed by atoms with Crippen LogP contribution < -0.4 is 19.7 Å². The molecule has 3 rings (SSSR count). The maximum Gasteiger partial charge on any atom is 0.267 e. The number of fused-ring (bicyclic) bond motifs is 1. The first kappa shape index (κ1) is 18.8. The second-order valence-electron chi connectivity index (χ2n) is 6.97. The van der Waals surface area contributed by atoms with Gasteiger partial charge in [-0.05, 0) is 49.2 Å². The van der Waals surface area contributed by atoms with Gasteiger partial charge in [-0.1, -0.05) is 13.8 Å². The van der Waals surface area contributed by atoms with E-state index < -0.39 is 6.10 Å². The Kier molecular flexibility index (Phi) is 5.35. The van der Waals surface area contributed by atoms with Gasteiger partial charge in [0.05, 0.1) is 12.8 Å². The zero-order valence-corrected chi connectivity index (χ0v) is 16.0. The van der Waals surface area contributed by atoms with Gasteiger partial charge in [-0.15, -0.1) is 0 Å². The van der Waals surface area contributed by atoms with Crippen LogP contribution >= 0.6 is 0 Å². The van der Waals surface area contributed by atoms with E-state index in [4.69, 9.17) is 9.47 Å². The number of benzene rings is 2. The predicted molar refractivity (Wildman–Crippen MR) is 105 cm³/mol. The number of methoxy groups -OCH3 is 1. The molecule has 0 aromatic heterocycles. The summed E-state index contributed by atoms with van der Waals surface area (Å²) in [6, 6.07) is 12.2. The lowest BCUT2D eigenvalue weighted by atomic mass is 10.1. The zero-order valence-electron chi connectivity index (χ0n) is 16.0. The number of carbonyl (C=O) groups excluding carboxylic acids is 2. The van der Waals surface area contributed by atoms with Crippen LogP contribution in [0, 0.1) is 5.92 Å². The number of nitrogens with one attached hydrogen (secondary N) is 1. The fourth-order valence-electron chi connectivity index (χ4n) is 2.99. The Labute approximate surface area is 159 Å². The molecule has 1 atom stereocenters. The molecule has 0 radical (unpaired) electrons. The fourth-order valence-corrected chi connectivity index (χ4v) is 2.99. The van der Waals surface area contributed by atoms with Crippen LogP contribution in [0.25, 0.3) is 0 Å². The van der Waals surface area contributed by atoms with Crippen molar-refractivity contribution in [1.29, 1.82) is 0 Å². The Morgan fingerprint density at radius 1 is 1.22 bits per heavy atom. The summed E-state index contributed by atoms with van der Waals surface area (Å²) in [6.07, 6.45) is -0.552. The number of hydrogen-bond acceptors (Lipinski definition) is 4. The van der Waals surface area contributed by atoms with Crippen LogP contribution in [0.1, 0.15) is 31.1 Å². The van der Waals surface area contributed by atoms with Crippen molar-refractivity contribution in [3.63, 3.8) is 0 Å². The molecule has 1 aliphatic rings. The third-order valence-corrected chi connectivity index (χ3v) is 4.33. The lowest BCUT2D eigenvalue weighted by Crippen LogP contribution is -2.46. The summed E-state index contributed by atoms with van der Waals surface area (Å²) >= 11 is 0. The topological polar surface area (TPSA) is 67.9 Å². The van der Waals surface area contributed by atoms with E-state index in [2.05, 4.69) is 19.2 Å². The van der Waals surface area contributed by atoms with E-state index in [0.717, 1.165) is 5.69 Å². The van der Waals surface area contributed by atoms with Gasteiger partial charge in [0.2, 0.25) is 0 Å². The molecule has 0 aliphatic carbocycles. The van der Waals surface area contributed by atoms with Crippen LogP contribution in [0.4, 0.5) is 11.4 Å². The maximum atomic E-state index is 12.5. The van der Waals surface area contributed by atoms with Gasteiger partial charge in [0.25, 0.3) is 11.8 Å². The van der Waals surface area contributed by atoms with E-state index in [-0.39, 0.29) is 11.8 Å². The molecule has 142 valence electrons. The highest BCUT2D eigenvalue weighted by Gasteiger charge is 2.32. The lowest BCUT2D eigenvalue weighted by Gasteiger charge is -2.34. The fraction of sp³-hybridized carbons (Fsp3) is 0.333. The Hall–Kier alpha value is -3.02. The molecule has 27 heavy (non-hydrogen) atoms. The summed E-state index contributed by atoms with van der Waals surface area (Å²) in [5.41, 5.74) is 1.87. The smallest absolute Gasteiger partial charge is 0.267 e. The van der Waals surface area contributed by atoms with Crippen molar-refractivity contribution >= 4 is 23.2 Å². The van der Waals surface area contributed by atoms with Gasteiger partial charge in [-0.3, -0.25) is 9.59 Å². The zero-order chi connectivity index (χ0) is 19.6. The molecule has 1 N–H and O–H groups in total. The molecule has 0 saturated carbocycles. The monoisotopic (exact) mass is 368 g/mol. The van der Waals surface area contributed by atoms with Crippen LogP contribution in [-0.4, -0.2) is 31.6 Å². The molecule has 2 aromatic rings. The van der Waals surface area contributed by atoms with Crippen molar-refractivity contribution in [2.45, 2.75) is 26.9 Å². The SMILES string of the molecule is COc1ccc(C(=O)Nc2ccc3c(c2)OC(C)C(=O)N3CC(C)C)cc1. The number of nitrogens with zero attached hydrogens (tertiary/aromatic N) is 1. The quantitative estimate of drug-likeness (QED) is 0.873. The van der Waals surface area contributed by atoms with E-state index >= 15 is 0 Å². The highest BCUT2D eigenvalue weighted by molar-refractivity contribution is 6.05. The molecule has 0 fully saturated rings. The third-order valence-electron chi connectivity index (χ3n) is 4.33. The molecule has 1 heterocycles. The molecule has 0 spiro atoms. The molecule has 0 saturated heterocycles. The largest absolute Gasteiger partial charge is 0.497 e. The van der Waals surface area contributed by atoms with Gasteiger partial charge in [0.15, 0.2) is 6.10 Å². The Morgan fingerprint density at radius 2 is 1.93 bits per heavy atom. The molecule has 2 aromatic carbocycles. The van der Waals surface area contributed by atoms with Crippen LogP contribution in [0.5, 0.6) is 11.5 Å². The van der Waals surface area contributed by atoms with Gasteiger partial charge >= 0.3 is 0 Å². The third kappa shape index (κ3) is 4.05. The Morgan fingerprint density at radius 3 is 2.56 bits per heavy atom. The van der Waals surface area contributed by atoms with Gasteiger partial charge < -0.3 is 19.7 Å². The van der Waals surface area contributed by atoms with Crippen LogP contribution in [0.3, 0.4) is 0 Å². The molecule has 2 amide bonds. The van der Waals surface area contributed by atoms with E-state index in [0.29, 0.717) is 35.2 Å². The average Bonchev–Trinajstić information content (AvgIpc) is 2.65. The second kappa shape index (κ2) is 7.70. The van der Waals surface area contributed by atoms with Gasteiger partial charge in [-0.2, -0.15) is 0 Å². The normalized spacial score (nSPS) is 16.0. The molecule has 1 aliphatic heterocycles. The van der Waals surface area contributed by atoms with Crippen LogP contribution in [0.2, 0.25) is 0 Å². The Balaban J connectivity index is 1.81. The number of anilines is 2. The molecular formula is C21H24N2O4. The average molecular weight is 368 g/mol. The molecular weight excluding hydrogens is 344 g/mol. The summed E-state index contributed by atoms with van der Waals surface area (Å²) in [5.74, 6) is 1.34. The summed E-state index contributed by atoms with van der Waals surface area (Å²) in [4.78, 5) is 26.6. The van der Waals surface area contributed by atoms with Crippen LogP contribution in [-0.2, 0) is 4.79 Å². The van der Waals surface area contributed by atoms with Crippen molar-refractivity contribution < 1.29 is 19.1 Å². The minimum atomic E-state index is -0.552. The number of rotatable bonds is 5. The van der Waals surface area contributed by atoms with Crippen molar-refractivity contribution in [2.24, 2.45) is 5.92 Å². The molecule has 0 bridgehead atoms. The maximum absolute atomic E-state index is 12.5. The van der Waals surface area contributed by atoms with Crippen molar-refractivity contribution in [1.82, 2.24) is 0 Å². The van der Waals surface area contributed by atoms with Crippen LogP contribution in [0.15, 0.2) is 42.5 Å². The highest BCUT2D eigenvalue weighted by Crippen LogP contribution is 2.36. The number of ether oxygens (including phenoxy) is 2. The minimum Gasteiger partial charge on any atom is -0.497 e. The molecule has 6 nitrogen and oxygen atoms in total. The van der Waals surface area contributed by atoms with E-state index in [9.17, 15) is 9.59 Å². The standard InChI is InChI=1S/C21H24N2O4/c1-13(2)12-23-18-10-7-16(11-19(18)27-14(3)21(23)25)22-20(24)15-5-8-17(26-4)9-6-15/h5-11,13-14H,12H2,1-4H3,(H,22,24). The van der Waals surface area contributed by atoms with Crippen molar-refractivity contribution in [3.05, 3.63) is 48.0 Å². The van der Waals surface area contributed by atoms with E-state index in [1.807, 2.05) is 6.07 Å². The summed E-state index contributed by atoms with van der Waals surface area (Å²) in [6.45, 7) is 6.49. The summed E-state index contributed by atoms with van der Waals surface area (Å²) < 4.78 is 10.9. The van der Waals surface area contributed by atoms with Crippen molar-refractivity contribution in [2.75, 3.05) is 23.9 Å². The number of hydrogen-bond donors (Lipinski definition) is 1. The number of amides is 2. The van der Waals surface area contributed by atoms with E-state index in [1.54, 1.807) is 55.3 Å². The summed E-state index contributed by atoms with van der Waals surface area (Å²) in [7, 11) is 1.58. The van der Waals surface area contributed by atoms with Gasteiger partial charge in [0.1, 0.15) is 11.5 Å².